The van der Waals surface area contributed by atoms with Gasteiger partial charge in [-0.2, -0.15) is 0 Å². The molecule has 0 radical (unpaired) electrons. The standard InChI is InChI=1S/C17H25BrClN/c1-17(2,3)14-5-4-9-20(10-8-14)16-7-6-13(12-18)11-15(16)19/h6-7,11,14H,4-5,8-10,12H2,1-3H3. The van der Waals surface area contributed by atoms with Crippen LogP contribution in [0.15, 0.2) is 18.2 Å². The van der Waals surface area contributed by atoms with Crippen molar-refractivity contribution in [1.82, 2.24) is 0 Å². The Kier molecular flexibility index (Phi) is 5.42. The summed E-state index contributed by atoms with van der Waals surface area (Å²) in [5.74, 6) is 0.813. The average molecular weight is 359 g/mol. The van der Waals surface area contributed by atoms with Crippen molar-refractivity contribution in [3.05, 3.63) is 28.8 Å². The van der Waals surface area contributed by atoms with E-state index in [-0.39, 0.29) is 0 Å². The summed E-state index contributed by atoms with van der Waals surface area (Å²) in [6.07, 6.45) is 3.86. The first kappa shape index (κ1) is 16.2. The van der Waals surface area contributed by atoms with Crippen LogP contribution in [0.25, 0.3) is 0 Å². The van der Waals surface area contributed by atoms with Crippen molar-refractivity contribution in [1.29, 1.82) is 0 Å². The molecule has 0 N–H and O–H groups in total. The van der Waals surface area contributed by atoms with Gasteiger partial charge in [0.05, 0.1) is 10.7 Å². The fourth-order valence-electron chi connectivity index (χ4n) is 3.09. The van der Waals surface area contributed by atoms with Crippen molar-refractivity contribution >= 4 is 33.2 Å². The van der Waals surface area contributed by atoms with Crippen LogP contribution in [-0.4, -0.2) is 13.1 Å². The van der Waals surface area contributed by atoms with Crippen LogP contribution in [0.1, 0.15) is 45.6 Å². The van der Waals surface area contributed by atoms with E-state index in [4.69, 9.17) is 11.6 Å². The molecule has 0 spiro atoms. The van der Waals surface area contributed by atoms with Crippen molar-refractivity contribution in [2.24, 2.45) is 11.3 Å². The number of anilines is 1. The molecule has 1 fully saturated rings. The Morgan fingerprint density at radius 3 is 2.60 bits per heavy atom. The number of halogens is 2. The zero-order chi connectivity index (χ0) is 14.8. The van der Waals surface area contributed by atoms with Crippen molar-refractivity contribution in [2.45, 2.75) is 45.4 Å². The fraction of sp³-hybridized carbons (Fsp3) is 0.647. The lowest BCUT2D eigenvalue weighted by atomic mass is 9.77. The predicted octanol–water partition coefficient (Wildman–Crippen LogP) is 5.89. The Morgan fingerprint density at radius 1 is 1.25 bits per heavy atom. The van der Waals surface area contributed by atoms with Crippen LogP contribution < -0.4 is 4.90 Å². The van der Waals surface area contributed by atoms with E-state index < -0.39 is 0 Å². The number of hydrogen-bond donors (Lipinski definition) is 0. The van der Waals surface area contributed by atoms with Crippen molar-refractivity contribution in [2.75, 3.05) is 18.0 Å². The summed E-state index contributed by atoms with van der Waals surface area (Å²) in [7, 11) is 0. The Morgan fingerprint density at radius 2 is 2.00 bits per heavy atom. The van der Waals surface area contributed by atoms with Gasteiger partial charge in [0.2, 0.25) is 0 Å². The Hall–Kier alpha value is -0.210. The highest BCUT2D eigenvalue weighted by atomic mass is 79.9. The summed E-state index contributed by atoms with van der Waals surface area (Å²) in [4.78, 5) is 2.46. The molecular weight excluding hydrogens is 334 g/mol. The second kappa shape index (κ2) is 6.70. The molecule has 0 aromatic heterocycles. The van der Waals surface area contributed by atoms with E-state index in [2.05, 4.69) is 59.8 Å². The number of benzene rings is 1. The lowest BCUT2D eigenvalue weighted by Gasteiger charge is -2.30. The van der Waals surface area contributed by atoms with Crippen LogP contribution in [0.2, 0.25) is 5.02 Å². The van der Waals surface area contributed by atoms with Crippen LogP contribution in [0.3, 0.4) is 0 Å². The highest BCUT2D eigenvalue weighted by molar-refractivity contribution is 9.08. The van der Waals surface area contributed by atoms with E-state index in [0.29, 0.717) is 5.41 Å². The maximum atomic E-state index is 6.46. The van der Waals surface area contributed by atoms with E-state index in [9.17, 15) is 0 Å². The first-order chi connectivity index (χ1) is 9.41. The van der Waals surface area contributed by atoms with Gasteiger partial charge in [0, 0.05) is 18.4 Å². The number of alkyl halides is 1. The minimum absolute atomic E-state index is 0.416. The molecule has 1 aromatic carbocycles. The normalized spacial score (nSPS) is 20.9. The van der Waals surface area contributed by atoms with E-state index in [1.165, 1.54) is 30.5 Å². The van der Waals surface area contributed by atoms with E-state index in [1.54, 1.807) is 0 Å². The lowest BCUT2D eigenvalue weighted by Crippen LogP contribution is -2.26. The van der Waals surface area contributed by atoms with Crippen LogP contribution in [-0.2, 0) is 5.33 Å². The van der Waals surface area contributed by atoms with Crippen molar-refractivity contribution < 1.29 is 0 Å². The van der Waals surface area contributed by atoms with Crippen molar-refractivity contribution in [3.8, 4) is 0 Å². The molecule has 3 heteroatoms. The van der Waals surface area contributed by atoms with Crippen LogP contribution in [0, 0.1) is 11.3 Å². The monoisotopic (exact) mass is 357 g/mol. The molecule has 1 unspecified atom stereocenters. The predicted molar refractivity (Wildman–Crippen MR) is 93.1 cm³/mol. The molecule has 1 nitrogen and oxygen atoms in total. The van der Waals surface area contributed by atoms with Gasteiger partial charge in [-0.05, 0) is 48.3 Å². The molecule has 0 amide bonds. The van der Waals surface area contributed by atoms with E-state index in [1.807, 2.05) is 0 Å². The van der Waals surface area contributed by atoms with Gasteiger partial charge < -0.3 is 4.90 Å². The number of nitrogens with zero attached hydrogens (tertiary/aromatic N) is 1. The Labute approximate surface area is 136 Å². The second-order valence-corrected chi connectivity index (χ2v) is 7.87. The third-order valence-corrected chi connectivity index (χ3v) is 5.41. The molecule has 0 aliphatic carbocycles. The van der Waals surface area contributed by atoms with Gasteiger partial charge in [-0.15, -0.1) is 0 Å². The van der Waals surface area contributed by atoms with E-state index in [0.717, 1.165) is 29.4 Å². The second-order valence-electron chi connectivity index (χ2n) is 6.90. The van der Waals surface area contributed by atoms with Crippen LogP contribution >= 0.6 is 27.5 Å². The van der Waals surface area contributed by atoms with Gasteiger partial charge in [-0.3, -0.25) is 0 Å². The molecule has 1 aromatic rings. The highest BCUT2D eigenvalue weighted by Gasteiger charge is 2.27. The molecule has 2 rings (SSSR count). The maximum Gasteiger partial charge on any atom is 0.0642 e. The molecule has 0 saturated carbocycles. The highest BCUT2D eigenvalue weighted by Crippen LogP contribution is 2.36. The summed E-state index contributed by atoms with van der Waals surface area (Å²) in [6.45, 7) is 9.34. The summed E-state index contributed by atoms with van der Waals surface area (Å²) < 4.78 is 0. The Bertz CT molecular complexity index is 453. The zero-order valence-corrected chi connectivity index (χ0v) is 15.1. The molecule has 0 bridgehead atoms. The minimum Gasteiger partial charge on any atom is -0.370 e. The topological polar surface area (TPSA) is 3.24 Å². The van der Waals surface area contributed by atoms with Gasteiger partial charge >= 0.3 is 0 Å². The molecule has 1 aliphatic rings. The third-order valence-electron chi connectivity index (χ3n) is 4.46. The molecule has 1 heterocycles. The molecule has 20 heavy (non-hydrogen) atoms. The zero-order valence-electron chi connectivity index (χ0n) is 12.8. The maximum absolute atomic E-state index is 6.46. The average Bonchev–Trinajstić information content (AvgIpc) is 2.63. The molecule has 1 aliphatic heterocycles. The minimum atomic E-state index is 0.416. The first-order valence-electron chi connectivity index (χ1n) is 7.51. The largest absolute Gasteiger partial charge is 0.370 e. The van der Waals surface area contributed by atoms with Gasteiger partial charge in [-0.1, -0.05) is 54.4 Å². The summed E-state index contributed by atoms with van der Waals surface area (Å²) >= 11 is 9.94. The smallest absolute Gasteiger partial charge is 0.0642 e. The lowest BCUT2D eigenvalue weighted by molar-refractivity contribution is 0.220. The molecule has 1 atom stereocenters. The SMILES string of the molecule is CC(C)(C)C1CCCN(c2ccc(CBr)cc2Cl)CC1. The van der Waals surface area contributed by atoms with Crippen LogP contribution in [0.5, 0.6) is 0 Å². The van der Waals surface area contributed by atoms with Gasteiger partial charge in [0.1, 0.15) is 0 Å². The van der Waals surface area contributed by atoms with E-state index >= 15 is 0 Å². The summed E-state index contributed by atoms with van der Waals surface area (Å²) in [5, 5.41) is 1.75. The first-order valence-corrected chi connectivity index (χ1v) is 9.01. The molecule has 1 saturated heterocycles. The molecular formula is C17H25BrClN. The van der Waals surface area contributed by atoms with Crippen LogP contribution in [0.4, 0.5) is 5.69 Å². The third kappa shape index (κ3) is 3.92. The summed E-state index contributed by atoms with van der Waals surface area (Å²) in [5.41, 5.74) is 2.85. The summed E-state index contributed by atoms with van der Waals surface area (Å²) in [6, 6.07) is 6.43. The number of rotatable bonds is 2. The number of hydrogen-bond acceptors (Lipinski definition) is 1. The fourth-order valence-corrected chi connectivity index (χ4v) is 3.76. The Balaban J connectivity index is 2.11. The van der Waals surface area contributed by atoms with Gasteiger partial charge in [0.15, 0.2) is 0 Å². The van der Waals surface area contributed by atoms with Gasteiger partial charge in [0.25, 0.3) is 0 Å². The van der Waals surface area contributed by atoms with Gasteiger partial charge in [-0.25, -0.2) is 0 Å². The van der Waals surface area contributed by atoms with Crippen molar-refractivity contribution in [3.63, 3.8) is 0 Å². The molecule has 112 valence electrons. The quantitative estimate of drug-likeness (QED) is 0.596.